The monoisotopic (exact) mass is 234 g/mol. The Morgan fingerprint density at radius 3 is 2.44 bits per heavy atom. The molecule has 0 radical (unpaired) electrons. The molecule has 16 heavy (non-hydrogen) atoms. The number of imidazole rings is 1. The normalized spacial score (nSPS) is 10.4. The maximum atomic E-state index is 11.3. The first-order valence-corrected chi connectivity index (χ1v) is 5.29. The summed E-state index contributed by atoms with van der Waals surface area (Å²) in [5, 5.41) is 0.679. The molecule has 0 aliphatic carbocycles. The maximum absolute atomic E-state index is 11.3. The molecule has 1 aromatic heterocycles. The molecule has 0 saturated carbocycles. The molecule has 0 fully saturated rings. The second kappa shape index (κ2) is 4.10. The molecule has 0 bridgehead atoms. The number of ketones is 1. The number of carbonyl (C=O) groups is 1. The summed E-state index contributed by atoms with van der Waals surface area (Å²) in [6.07, 6.45) is 0. The number of hydrogen-bond donors (Lipinski definition) is 1. The Bertz CT molecular complexity index is 528. The van der Waals surface area contributed by atoms with Crippen LogP contribution < -0.4 is 0 Å². The summed E-state index contributed by atoms with van der Waals surface area (Å²) in [7, 11) is 0. The number of nitrogens with one attached hydrogen (secondary N) is 1. The highest BCUT2D eigenvalue weighted by molar-refractivity contribution is 6.30. The van der Waals surface area contributed by atoms with Gasteiger partial charge in [0.05, 0.1) is 0 Å². The summed E-state index contributed by atoms with van der Waals surface area (Å²) >= 11 is 5.80. The lowest BCUT2D eigenvalue weighted by Gasteiger charge is -1.95. The minimum absolute atomic E-state index is 0.0334. The highest BCUT2D eigenvalue weighted by Gasteiger charge is 2.11. The lowest BCUT2D eigenvalue weighted by molar-refractivity contribution is 0.101. The van der Waals surface area contributed by atoms with E-state index in [9.17, 15) is 4.79 Å². The van der Waals surface area contributed by atoms with Gasteiger partial charge in [-0.15, -0.1) is 0 Å². The number of nitrogens with zero attached hydrogens (tertiary/aromatic N) is 1. The summed E-state index contributed by atoms with van der Waals surface area (Å²) in [6.45, 7) is 3.35. The van der Waals surface area contributed by atoms with Crippen LogP contribution in [0.2, 0.25) is 5.02 Å². The van der Waals surface area contributed by atoms with E-state index in [1.807, 2.05) is 19.1 Å². The number of H-pyrrole nitrogens is 1. The fraction of sp³-hybridized carbons (Fsp3) is 0.167. The minimum Gasteiger partial charge on any atom is -0.341 e. The summed E-state index contributed by atoms with van der Waals surface area (Å²) < 4.78 is 0. The molecule has 2 rings (SSSR count). The molecule has 4 heteroatoms. The van der Waals surface area contributed by atoms with Crippen molar-refractivity contribution in [3.63, 3.8) is 0 Å². The topological polar surface area (TPSA) is 45.8 Å². The van der Waals surface area contributed by atoms with Gasteiger partial charge < -0.3 is 4.98 Å². The molecular weight excluding hydrogens is 224 g/mol. The molecule has 0 atom stereocenters. The second-order valence-electron chi connectivity index (χ2n) is 3.62. The number of aryl methyl sites for hydroxylation is 1. The molecule has 0 aliphatic heterocycles. The third-order valence-corrected chi connectivity index (χ3v) is 2.59. The van der Waals surface area contributed by atoms with Crippen LogP contribution in [0.4, 0.5) is 0 Å². The molecule has 0 amide bonds. The van der Waals surface area contributed by atoms with Crippen molar-refractivity contribution in [2.75, 3.05) is 0 Å². The van der Waals surface area contributed by atoms with Gasteiger partial charge in [0.2, 0.25) is 0 Å². The van der Waals surface area contributed by atoms with Crippen LogP contribution in [0.25, 0.3) is 11.4 Å². The quantitative estimate of drug-likeness (QED) is 0.811. The summed E-state index contributed by atoms with van der Waals surface area (Å²) in [5.41, 5.74) is 2.20. The molecule has 1 aromatic carbocycles. The Labute approximate surface area is 98.5 Å². The van der Waals surface area contributed by atoms with Crippen LogP contribution in [0.15, 0.2) is 24.3 Å². The molecule has 0 spiro atoms. The zero-order valence-corrected chi connectivity index (χ0v) is 9.80. The first-order valence-electron chi connectivity index (χ1n) is 4.91. The first-order chi connectivity index (χ1) is 7.58. The summed E-state index contributed by atoms with van der Waals surface area (Å²) in [6, 6.07) is 7.32. The molecule has 1 heterocycles. The van der Waals surface area contributed by atoms with E-state index in [0.29, 0.717) is 16.5 Å². The molecule has 0 saturated heterocycles. The second-order valence-corrected chi connectivity index (χ2v) is 4.06. The van der Waals surface area contributed by atoms with Gasteiger partial charge in [0.25, 0.3) is 0 Å². The van der Waals surface area contributed by atoms with Crippen molar-refractivity contribution in [1.82, 2.24) is 9.97 Å². The average molecular weight is 235 g/mol. The summed E-state index contributed by atoms with van der Waals surface area (Å²) in [5.74, 6) is 0.660. The average Bonchev–Trinajstić information content (AvgIpc) is 2.61. The Kier molecular flexibility index (Phi) is 2.79. The van der Waals surface area contributed by atoms with Gasteiger partial charge in [-0.3, -0.25) is 4.79 Å². The van der Waals surface area contributed by atoms with Crippen molar-refractivity contribution < 1.29 is 4.79 Å². The van der Waals surface area contributed by atoms with Gasteiger partial charge in [0.15, 0.2) is 5.78 Å². The number of carbonyl (C=O) groups excluding carboxylic acids is 1. The number of benzene rings is 1. The van der Waals surface area contributed by atoms with Crippen molar-refractivity contribution in [1.29, 1.82) is 0 Å². The minimum atomic E-state index is -0.0334. The number of halogens is 1. The van der Waals surface area contributed by atoms with E-state index in [4.69, 9.17) is 11.6 Å². The highest BCUT2D eigenvalue weighted by Crippen LogP contribution is 2.20. The van der Waals surface area contributed by atoms with Gasteiger partial charge in [0.1, 0.15) is 11.5 Å². The number of rotatable bonds is 2. The van der Waals surface area contributed by atoms with Crippen LogP contribution in [-0.2, 0) is 0 Å². The van der Waals surface area contributed by atoms with Gasteiger partial charge in [0, 0.05) is 23.2 Å². The Morgan fingerprint density at radius 2 is 1.94 bits per heavy atom. The molecule has 2 aromatic rings. The van der Waals surface area contributed by atoms with E-state index in [1.165, 1.54) is 6.92 Å². The van der Waals surface area contributed by atoms with Gasteiger partial charge in [-0.2, -0.15) is 0 Å². The molecule has 0 aliphatic rings. The molecule has 82 valence electrons. The van der Waals surface area contributed by atoms with E-state index in [2.05, 4.69) is 9.97 Å². The van der Waals surface area contributed by atoms with Crippen molar-refractivity contribution in [3.05, 3.63) is 40.7 Å². The highest BCUT2D eigenvalue weighted by atomic mass is 35.5. The lowest BCUT2D eigenvalue weighted by Crippen LogP contribution is -1.94. The Hall–Kier alpha value is -1.61. The van der Waals surface area contributed by atoms with Crippen molar-refractivity contribution >= 4 is 17.4 Å². The SMILES string of the molecule is CC(=O)c1nc(-c2ccc(Cl)cc2)[nH]c1C. The van der Waals surface area contributed by atoms with Crippen LogP contribution >= 0.6 is 11.6 Å². The lowest BCUT2D eigenvalue weighted by atomic mass is 10.2. The molecule has 0 unspecified atom stereocenters. The van der Waals surface area contributed by atoms with Crippen LogP contribution in [0.3, 0.4) is 0 Å². The van der Waals surface area contributed by atoms with Gasteiger partial charge in [-0.25, -0.2) is 4.98 Å². The van der Waals surface area contributed by atoms with Gasteiger partial charge in [-0.1, -0.05) is 11.6 Å². The zero-order valence-electron chi connectivity index (χ0n) is 9.04. The summed E-state index contributed by atoms with van der Waals surface area (Å²) in [4.78, 5) is 18.6. The predicted molar refractivity (Wildman–Crippen MR) is 63.8 cm³/mol. The van der Waals surface area contributed by atoms with Crippen LogP contribution in [-0.4, -0.2) is 15.8 Å². The van der Waals surface area contributed by atoms with E-state index < -0.39 is 0 Å². The predicted octanol–water partition coefficient (Wildman–Crippen LogP) is 3.24. The molecule has 3 nitrogen and oxygen atoms in total. The van der Waals surface area contributed by atoms with E-state index in [1.54, 1.807) is 12.1 Å². The zero-order chi connectivity index (χ0) is 11.7. The number of aromatic nitrogens is 2. The van der Waals surface area contributed by atoms with Crippen molar-refractivity contribution in [2.45, 2.75) is 13.8 Å². The van der Waals surface area contributed by atoms with Gasteiger partial charge >= 0.3 is 0 Å². The van der Waals surface area contributed by atoms with E-state index in [-0.39, 0.29) is 5.78 Å². The van der Waals surface area contributed by atoms with Gasteiger partial charge in [-0.05, 0) is 31.2 Å². The van der Waals surface area contributed by atoms with Crippen LogP contribution in [0.5, 0.6) is 0 Å². The van der Waals surface area contributed by atoms with Crippen LogP contribution in [0.1, 0.15) is 23.1 Å². The largest absolute Gasteiger partial charge is 0.341 e. The Morgan fingerprint density at radius 1 is 1.31 bits per heavy atom. The molecule has 1 N–H and O–H groups in total. The molecular formula is C12H11ClN2O. The smallest absolute Gasteiger partial charge is 0.179 e. The third kappa shape index (κ3) is 1.99. The van der Waals surface area contributed by atoms with E-state index in [0.717, 1.165) is 11.3 Å². The van der Waals surface area contributed by atoms with Crippen molar-refractivity contribution in [3.8, 4) is 11.4 Å². The fourth-order valence-electron chi connectivity index (χ4n) is 1.55. The standard InChI is InChI=1S/C12H11ClN2O/c1-7-11(8(2)16)15-12(14-7)9-3-5-10(13)6-4-9/h3-6H,1-2H3,(H,14,15). The van der Waals surface area contributed by atoms with Crippen molar-refractivity contribution in [2.24, 2.45) is 0 Å². The third-order valence-electron chi connectivity index (χ3n) is 2.34. The van der Waals surface area contributed by atoms with E-state index >= 15 is 0 Å². The number of Topliss-reactive ketones (excluding diaryl/α,β-unsaturated/α-hetero) is 1. The first kappa shape index (κ1) is 10.9. The number of aromatic amines is 1. The number of hydrogen-bond acceptors (Lipinski definition) is 2. The maximum Gasteiger partial charge on any atom is 0.179 e. The fourth-order valence-corrected chi connectivity index (χ4v) is 1.67. The Balaban J connectivity index is 2.45. The van der Waals surface area contributed by atoms with Crippen LogP contribution in [0, 0.1) is 6.92 Å².